The molecule has 3 aromatic rings. The van der Waals surface area contributed by atoms with Crippen LogP contribution >= 0.6 is 0 Å². The topological polar surface area (TPSA) is 83.9 Å². The number of likely N-dealkylation sites (tertiary alicyclic amines) is 1. The molecule has 10 heteroatoms. The third-order valence-electron chi connectivity index (χ3n) is 8.01. The second-order valence-corrected chi connectivity index (χ2v) is 10.7. The number of anilines is 1. The summed E-state index contributed by atoms with van der Waals surface area (Å²) in [4.78, 5) is 33.6. The quantitative estimate of drug-likeness (QED) is 0.337. The van der Waals surface area contributed by atoms with Crippen molar-refractivity contribution in [2.24, 2.45) is 0 Å². The van der Waals surface area contributed by atoms with Gasteiger partial charge in [0.05, 0.1) is 31.1 Å². The van der Waals surface area contributed by atoms with Gasteiger partial charge in [-0.1, -0.05) is 13.0 Å². The van der Waals surface area contributed by atoms with Crippen molar-refractivity contribution in [1.29, 1.82) is 0 Å². The summed E-state index contributed by atoms with van der Waals surface area (Å²) in [5, 5.41) is 0.887. The van der Waals surface area contributed by atoms with Gasteiger partial charge in [-0.3, -0.25) is 14.7 Å². The lowest BCUT2D eigenvalue weighted by Crippen LogP contribution is -2.55. The van der Waals surface area contributed by atoms with Gasteiger partial charge in [0.1, 0.15) is 11.6 Å². The zero-order chi connectivity index (χ0) is 29.6. The molecule has 0 radical (unpaired) electrons. The molecule has 9 nitrogen and oxygen atoms in total. The molecule has 5 rings (SSSR count). The smallest absolute Gasteiger partial charge is 0.246 e. The van der Waals surface area contributed by atoms with Crippen LogP contribution in [0.1, 0.15) is 44.6 Å². The molecule has 2 fully saturated rings. The van der Waals surface area contributed by atoms with Crippen molar-refractivity contribution < 1.29 is 18.7 Å². The molecule has 2 aromatic heterocycles. The molecule has 0 saturated carbocycles. The number of carbonyl (C=O) groups excluding carboxylic acids is 1. The van der Waals surface area contributed by atoms with Crippen molar-refractivity contribution >= 4 is 34.8 Å². The summed E-state index contributed by atoms with van der Waals surface area (Å²) in [5.74, 6) is 1.72. The van der Waals surface area contributed by atoms with E-state index in [2.05, 4.69) is 34.8 Å². The minimum Gasteiger partial charge on any atom is -0.494 e. The highest BCUT2D eigenvalue weighted by molar-refractivity contribution is 5.92. The number of fused-ring (bicyclic) bond motifs is 1. The van der Waals surface area contributed by atoms with Gasteiger partial charge in [0.25, 0.3) is 0 Å². The molecule has 1 aromatic carbocycles. The Morgan fingerprint density at radius 3 is 2.74 bits per heavy atom. The fourth-order valence-electron chi connectivity index (χ4n) is 5.68. The minimum absolute atomic E-state index is 0.0483. The summed E-state index contributed by atoms with van der Waals surface area (Å²) in [5.41, 5.74) is 1.31. The Balaban J connectivity index is 1.42. The number of hydrogen-bond acceptors (Lipinski definition) is 8. The average Bonchev–Trinajstić information content (AvgIpc) is 3.43. The average molecular weight is 575 g/mol. The van der Waals surface area contributed by atoms with Gasteiger partial charge in [-0.05, 0) is 70.1 Å². The molecule has 42 heavy (non-hydrogen) atoms. The first-order valence-corrected chi connectivity index (χ1v) is 14.7. The van der Waals surface area contributed by atoms with E-state index in [1.165, 1.54) is 19.6 Å². The standard InChI is InChI=1S/C32H39FN6O3/c1-5-23-21-38(16-17-39(23)31(40)14-10-24-8-7-15-37(24)3)32-26-19-25(42-6-2)11-12-28(26)35-30(36-32)13-9-22-18-29(41-4)27(33)20-34-22/h9-14,18-20,23-24H,5-8,15-17,21H2,1-4H3/b13-9+,14-10+/t23-,24?/m0/s1. The maximum Gasteiger partial charge on any atom is 0.246 e. The fourth-order valence-corrected chi connectivity index (χ4v) is 5.68. The maximum absolute atomic E-state index is 13.8. The van der Waals surface area contributed by atoms with Crippen LogP contribution in [0.3, 0.4) is 0 Å². The molecule has 2 saturated heterocycles. The van der Waals surface area contributed by atoms with Crippen LogP contribution in [0.15, 0.2) is 42.6 Å². The number of pyridine rings is 1. The first-order chi connectivity index (χ1) is 20.4. The van der Waals surface area contributed by atoms with Crippen LogP contribution in [0.5, 0.6) is 11.5 Å². The van der Waals surface area contributed by atoms with Crippen LogP contribution in [0, 0.1) is 5.82 Å². The minimum atomic E-state index is -0.520. The van der Waals surface area contributed by atoms with Crippen molar-refractivity contribution in [2.45, 2.75) is 45.2 Å². The normalized spacial score (nSPS) is 19.8. The lowest BCUT2D eigenvalue weighted by atomic mass is 10.1. The van der Waals surface area contributed by atoms with E-state index in [1.54, 1.807) is 18.2 Å². The Kier molecular flexibility index (Phi) is 9.31. The number of hydrogen-bond donors (Lipinski definition) is 0. The molecule has 0 spiro atoms. The number of piperazine rings is 1. The SMILES string of the molecule is CCOc1ccc2nc(/C=C/c3cc(OC)c(F)cn3)nc(N3CCN(C(=O)/C=C/C4CCCN4C)[C@@H](CC)C3)c2c1. The van der Waals surface area contributed by atoms with Crippen LogP contribution in [0.2, 0.25) is 0 Å². The number of methoxy groups -OCH3 is 1. The third kappa shape index (κ3) is 6.54. The Labute approximate surface area is 246 Å². The summed E-state index contributed by atoms with van der Waals surface area (Å²) in [6.45, 7) is 7.60. The molecular formula is C32H39FN6O3. The van der Waals surface area contributed by atoms with Gasteiger partial charge in [0, 0.05) is 49.2 Å². The van der Waals surface area contributed by atoms with Crippen LogP contribution in [0.4, 0.5) is 10.2 Å². The Hall–Kier alpha value is -4.05. The van der Waals surface area contributed by atoms with Crippen LogP contribution in [0.25, 0.3) is 23.1 Å². The number of amides is 1. The molecule has 4 heterocycles. The van der Waals surface area contributed by atoms with Crippen LogP contribution in [-0.4, -0.2) is 89.7 Å². The van der Waals surface area contributed by atoms with E-state index in [4.69, 9.17) is 19.4 Å². The lowest BCUT2D eigenvalue weighted by molar-refractivity contribution is -0.128. The van der Waals surface area contributed by atoms with E-state index in [1.807, 2.05) is 30.0 Å². The molecule has 2 aliphatic heterocycles. The number of likely N-dealkylation sites (N-methyl/N-ethyl adjacent to an activating group) is 1. The highest BCUT2D eigenvalue weighted by Gasteiger charge is 2.30. The molecule has 0 aliphatic carbocycles. The summed E-state index contributed by atoms with van der Waals surface area (Å²) in [6, 6.07) is 7.73. The fraction of sp³-hybridized carbons (Fsp3) is 0.438. The summed E-state index contributed by atoms with van der Waals surface area (Å²) in [7, 11) is 3.53. The Morgan fingerprint density at radius 1 is 1.14 bits per heavy atom. The number of benzene rings is 1. The number of ether oxygens (including phenoxy) is 2. The third-order valence-corrected chi connectivity index (χ3v) is 8.01. The number of carbonyl (C=O) groups is 1. The van der Waals surface area contributed by atoms with Crippen molar-refractivity contribution in [3.63, 3.8) is 0 Å². The molecule has 2 atom stereocenters. The van der Waals surface area contributed by atoms with E-state index in [-0.39, 0.29) is 17.7 Å². The maximum atomic E-state index is 13.8. The number of halogens is 1. The molecule has 0 N–H and O–H groups in total. The number of aromatic nitrogens is 3. The molecule has 0 bridgehead atoms. The molecule has 222 valence electrons. The zero-order valence-electron chi connectivity index (χ0n) is 24.8. The summed E-state index contributed by atoms with van der Waals surface area (Å²) >= 11 is 0. The lowest BCUT2D eigenvalue weighted by Gasteiger charge is -2.41. The van der Waals surface area contributed by atoms with Gasteiger partial charge in [-0.25, -0.2) is 14.4 Å². The van der Waals surface area contributed by atoms with E-state index >= 15 is 0 Å². The van der Waals surface area contributed by atoms with Crippen molar-refractivity contribution in [3.05, 3.63) is 59.9 Å². The van der Waals surface area contributed by atoms with E-state index < -0.39 is 5.82 Å². The summed E-state index contributed by atoms with van der Waals surface area (Å²) in [6.07, 6.45) is 11.6. The van der Waals surface area contributed by atoms with Crippen LogP contribution in [-0.2, 0) is 4.79 Å². The highest BCUT2D eigenvalue weighted by Crippen LogP contribution is 2.31. The zero-order valence-corrected chi connectivity index (χ0v) is 24.8. The van der Waals surface area contributed by atoms with Crippen LogP contribution < -0.4 is 14.4 Å². The first kappa shape index (κ1) is 29.4. The van der Waals surface area contributed by atoms with Crippen molar-refractivity contribution in [2.75, 3.05) is 51.8 Å². The largest absolute Gasteiger partial charge is 0.494 e. The predicted molar refractivity (Wildman–Crippen MR) is 163 cm³/mol. The first-order valence-electron chi connectivity index (χ1n) is 14.7. The molecule has 1 unspecified atom stereocenters. The van der Waals surface area contributed by atoms with Gasteiger partial charge >= 0.3 is 0 Å². The van der Waals surface area contributed by atoms with E-state index in [0.717, 1.165) is 48.1 Å². The monoisotopic (exact) mass is 574 g/mol. The second kappa shape index (κ2) is 13.3. The molecular weight excluding hydrogens is 535 g/mol. The highest BCUT2D eigenvalue weighted by atomic mass is 19.1. The number of nitrogens with zero attached hydrogens (tertiary/aromatic N) is 6. The van der Waals surface area contributed by atoms with Crippen molar-refractivity contribution in [3.8, 4) is 11.5 Å². The van der Waals surface area contributed by atoms with Gasteiger partial charge < -0.3 is 19.3 Å². The summed E-state index contributed by atoms with van der Waals surface area (Å²) < 4.78 is 24.7. The van der Waals surface area contributed by atoms with Crippen molar-refractivity contribution in [1.82, 2.24) is 24.8 Å². The number of rotatable bonds is 9. The molecule has 2 aliphatic rings. The predicted octanol–water partition coefficient (Wildman–Crippen LogP) is 4.82. The molecule has 1 amide bonds. The van der Waals surface area contributed by atoms with Gasteiger partial charge in [-0.15, -0.1) is 0 Å². The van der Waals surface area contributed by atoms with E-state index in [0.29, 0.717) is 43.8 Å². The van der Waals surface area contributed by atoms with Gasteiger partial charge in [0.2, 0.25) is 5.91 Å². The Morgan fingerprint density at radius 2 is 2.00 bits per heavy atom. The Bertz CT molecular complexity index is 1480. The van der Waals surface area contributed by atoms with E-state index in [9.17, 15) is 9.18 Å². The second-order valence-electron chi connectivity index (χ2n) is 10.7. The van der Waals surface area contributed by atoms with Gasteiger partial charge in [0.15, 0.2) is 17.4 Å². The van der Waals surface area contributed by atoms with Gasteiger partial charge in [-0.2, -0.15) is 0 Å².